The van der Waals surface area contributed by atoms with Crippen LogP contribution in [0.3, 0.4) is 0 Å². The van der Waals surface area contributed by atoms with E-state index in [1.54, 1.807) is 7.11 Å². The molecule has 5 atom stereocenters. The summed E-state index contributed by atoms with van der Waals surface area (Å²) in [5, 5.41) is 0. The summed E-state index contributed by atoms with van der Waals surface area (Å²) in [4.78, 5) is 15.3. The van der Waals surface area contributed by atoms with Crippen LogP contribution in [0.1, 0.15) is 43.2 Å². The molecule has 3 saturated carbocycles. The fraction of sp³-hybridized carbons (Fsp3) is 0.696. The molecule has 144 valence electrons. The Morgan fingerprint density at radius 3 is 2.63 bits per heavy atom. The zero-order valence-corrected chi connectivity index (χ0v) is 16.2. The molecule has 1 saturated heterocycles. The lowest BCUT2D eigenvalue weighted by molar-refractivity contribution is -0.143. The summed E-state index contributed by atoms with van der Waals surface area (Å²) in [6.45, 7) is 2.41. The van der Waals surface area contributed by atoms with Gasteiger partial charge >= 0.3 is 0 Å². The van der Waals surface area contributed by atoms with Gasteiger partial charge in [-0.2, -0.15) is 0 Å². The average molecular weight is 367 g/mol. The standard InChI is InChI=1S/C23H29NO3/c1-26-17-4-2-3-14-7-12-27-23(21(14)17)8-10-24(11-9-23)22(25)20-18-15-5-6-16(13-15)19(18)20/h2-4,15-16,18-20H,5-13H2,1H3/t15-,16+,18+,19-,20?. The van der Waals surface area contributed by atoms with E-state index in [1.165, 1.54) is 30.4 Å². The van der Waals surface area contributed by atoms with E-state index in [1.807, 2.05) is 6.07 Å². The molecular formula is C23H29NO3. The molecule has 1 spiro atoms. The lowest BCUT2D eigenvalue weighted by atomic mass is 9.78. The van der Waals surface area contributed by atoms with Gasteiger partial charge in [-0.25, -0.2) is 0 Å². The minimum absolute atomic E-state index is 0.268. The molecule has 2 heterocycles. The minimum atomic E-state index is -0.268. The van der Waals surface area contributed by atoms with Crippen molar-refractivity contribution in [3.05, 3.63) is 29.3 Å². The fourth-order valence-corrected chi connectivity index (χ4v) is 7.25. The number of ether oxygens (including phenoxy) is 2. The fourth-order valence-electron chi connectivity index (χ4n) is 7.25. The van der Waals surface area contributed by atoms with Crippen molar-refractivity contribution in [2.75, 3.05) is 26.8 Å². The van der Waals surface area contributed by atoms with Crippen molar-refractivity contribution in [1.82, 2.24) is 4.90 Å². The maximum Gasteiger partial charge on any atom is 0.226 e. The second-order valence-corrected chi connectivity index (χ2v) is 9.43. The van der Waals surface area contributed by atoms with Gasteiger partial charge in [-0.3, -0.25) is 4.79 Å². The molecular weight excluding hydrogens is 338 g/mol. The van der Waals surface area contributed by atoms with Gasteiger partial charge in [-0.05, 0) is 73.8 Å². The van der Waals surface area contributed by atoms with Gasteiger partial charge in [0.25, 0.3) is 0 Å². The Labute approximate surface area is 161 Å². The minimum Gasteiger partial charge on any atom is -0.496 e. The maximum absolute atomic E-state index is 13.2. The number of nitrogens with zero attached hydrogens (tertiary/aromatic N) is 1. The molecule has 4 nitrogen and oxygen atoms in total. The molecule has 1 aromatic carbocycles. The maximum atomic E-state index is 13.2. The molecule has 4 fully saturated rings. The van der Waals surface area contributed by atoms with Gasteiger partial charge in [0.2, 0.25) is 5.91 Å². The second-order valence-electron chi connectivity index (χ2n) is 9.43. The number of carbonyl (C=O) groups excluding carboxylic acids is 1. The highest BCUT2D eigenvalue weighted by atomic mass is 16.5. The summed E-state index contributed by atoms with van der Waals surface area (Å²) < 4.78 is 12.1. The molecule has 0 N–H and O–H groups in total. The number of rotatable bonds is 2. The summed E-state index contributed by atoms with van der Waals surface area (Å²) in [6.07, 6.45) is 6.89. The number of benzene rings is 1. The van der Waals surface area contributed by atoms with Gasteiger partial charge in [0.1, 0.15) is 11.4 Å². The molecule has 5 aliphatic rings. The highest BCUT2D eigenvalue weighted by molar-refractivity contribution is 5.83. The van der Waals surface area contributed by atoms with E-state index in [0.29, 0.717) is 11.8 Å². The van der Waals surface area contributed by atoms with E-state index in [2.05, 4.69) is 17.0 Å². The zero-order valence-electron chi connectivity index (χ0n) is 16.2. The number of fused-ring (bicyclic) bond motifs is 7. The van der Waals surface area contributed by atoms with E-state index in [4.69, 9.17) is 9.47 Å². The van der Waals surface area contributed by atoms with E-state index < -0.39 is 0 Å². The van der Waals surface area contributed by atoms with E-state index >= 15 is 0 Å². The number of piperidine rings is 1. The lowest BCUT2D eigenvalue weighted by Crippen LogP contribution is -2.49. The highest BCUT2D eigenvalue weighted by Gasteiger charge is 2.68. The molecule has 2 bridgehead atoms. The normalized spacial score (nSPS) is 37.8. The molecule has 27 heavy (non-hydrogen) atoms. The van der Waals surface area contributed by atoms with E-state index in [-0.39, 0.29) is 5.60 Å². The summed E-state index contributed by atoms with van der Waals surface area (Å²) in [5.74, 6) is 4.95. The number of amides is 1. The zero-order chi connectivity index (χ0) is 18.2. The molecule has 1 aromatic rings. The predicted molar refractivity (Wildman–Crippen MR) is 101 cm³/mol. The van der Waals surface area contributed by atoms with Crippen molar-refractivity contribution < 1.29 is 14.3 Å². The van der Waals surface area contributed by atoms with Crippen LogP contribution in [0, 0.1) is 29.6 Å². The third-order valence-corrected chi connectivity index (χ3v) is 8.44. The van der Waals surface area contributed by atoms with Crippen LogP contribution < -0.4 is 4.74 Å². The third kappa shape index (κ3) is 2.22. The topological polar surface area (TPSA) is 38.8 Å². The van der Waals surface area contributed by atoms with Crippen molar-refractivity contribution in [1.29, 1.82) is 0 Å². The molecule has 2 aliphatic heterocycles. The summed E-state index contributed by atoms with van der Waals surface area (Å²) in [6, 6.07) is 6.34. The van der Waals surface area contributed by atoms with Crippen LogP contribution in [0.25, 0.3) is 0 Å². The van der Waals surface area contributed by atoms with Gasteiger partial charge in [0, 0.05) is 24.6 Å². The first-order chi connectivity index (χ1) is 13.2. The van der Waals surface area contributed by atoms with Crippen molar-refractivity contribution in [3.63, 3.8) is 0 Å². The van der Waals surface area contributed by atoms with Gasteiger partial charge in [-0.15, -0.1) is 0 Å². The van der Waals surface area contributed by atoms with Crippen LogP contribution in [0.4, 0.5) is 0 Å². The lowest BCUT2D eigenvalue weighted by Gasteiger charge is -2.45. The van der Waals surface area contributed by atoms with Crippen LogP contribution in [-0.2, 0) is 21.6 Å². The van der Waals surface area contributed by atoms with Crippen LogP contribution in [0.5, 0.6) is 5.75 Å². The molecule has 1 unspecified atom stereocenters. The molecule has 0 aromatic heterocycles. The molecule has 3 aliphatic carbocycles. The Hall–Kier alpha value is -1.55. The Balaban J connectivity index is 1.20. The third-order valence-electron chi connectivity index (χ3n) is 8.44. The summed E-state index contributed by atoms with van der Waals surface area (Å²) in [7, 11) is 1.75. The van der Waals surface area contributed by atoms with Crippen LogP contribution in [0.15, 0.2) is 18.2 Å². The number of hydrogen-bond acceptors (Lipinski definition) is 3. The molecule has 6 rings (SSSR count). The Morgan fingerprint density at radius 2 is 1.93 bits per heavy atom. The van der Waals surface area contributed by atoms with E-state index in [0.717, 1.165) is 68.4 Å². The second kappa shape index (κ2) is 5.73. The van der Waals surface area contributed by atoms with Crippen LogP contribution >= 0.6 is 0 Å². The number of likely N-dealkylation sites (tertiary alicyclic amines) is 1. The van der Waals surface area contributed by atoms with Gasteiger partial charge in [0.05, 0.1) is 13.7 Å². The van der Waals surface area contributed by atoms with Crippen molar-refractivity contribution in [2.24, 2.45) is 29.6 Å². The van der Waals surface area contributed by atoms with Crippen molar-refractivity contribution in [3.8, 4) is 5.75 Å². The highest BCUT2D eigenvalue weighted by Crippen LogP contribution is 2.69. The molecule has 0 radical (unpaired) electrons. The number of carbonyl (C=O) groups is 1. The van der Waals surface area contributed by atoms with Crippen LogP contribution in [0.2, 0.25) is 0 Å². The first-order valence-corrected chi connectivity index (χ1v) is 10.8. The Kier molecular flexibility index (Phi) is 3.48. The Morgan fingerprint density at radius 1 is 1.19 bits per heavy atom. The van der Waals surface area contributed by atoms with Gasteiger partial charge < -0.3 is 14.4 Å². The SMILES string of the molecule is COc1cccc2c1C1(CCN(C(=O)C3[C@@H]4[C@H]5CC[C@H](C5)[C@H]34)CC1)OCC2. The number of methoxy groups -OCH3 is 1. The molecule has 1 amide bonds. The van der Waals surface area contributed by atoms with Crippen LogP contribution in [-0.4, -0.2) is 37.6 Å². The average Bonchev–Trinajstić information content (AvgIpc) is 3.14. The summed E-state index contributed by atoms with van der Waals surface area (Å²) >= 11 is 0. The largest absolute Gasteiger partial charge is 0.496 e. The van der Waals surface area contributed by atoms with Crippen molar-refractivity contribution >= 4 is 5.91 Å². The first kappa shape index (κ1) is 16.4. The van der Waals surface area contributed by atoms with Gasteiger partial charge in [0.15, 0.2) is 0 Å². The summed E-state index contributed by atoms with van der Waals surface area (Å²) in [5.41, 5.74) is 2.33. The van der Waals surface area contributed by atoms with Crippen molar-refractivity contribution in [2.45, 2.75) is 44.1 Å². The first-order valence-electron chi connectivity index (χ1n) is 10.8. The van der Waals surface area contributed by atoms with E-state index in [9.17, 15) is 4.79 Å². The monoisotopic (exact) mass is 367 g/mol. The smallest absolute Gasteiger partial charge is 0.226 e. The Bertz CT molecular complexity index is 752. The number of hydrogen-bond donors (Lipinski definition) is 0. The predicted octanol–water partition coefficient (Wildman–Crippen LogP) is 3.38. The molecule has 4 heteroatoms. The quantitative estimate of drug-likeness (QED) is 0.804. The van der Waals surface area contributed by atoms with Gasteiger partial charge in [-0.1, -0.05) is 12.1 Å².